The fourth-order valence-electron chi connectivity index (χ4n) is 3.88. The number of anilines is 2. The minimum atomic E-state index is -0.738. The molecule has 0 bridgehead atoms. The highest BCUT2D eigenvalue weighted by Gasteiger charge is 2.43. The molecule has 0 atom stereocenters. The maximum atomic E-state index is 13.4. The van der Waals surface area contributed by atoms with Gasteiger partial charge in [-0.05, 0) is 67.1 Å². The summed E-state index contributed by atoms with van der Waals surface area (Å²) < 4.78 is 6.83. The molecular weight excluding hydrogens is 508 g/mol. The van der Waals surface area contributed by atoms with E-state index in [4.69, 9.17) is 4.42 Å². The molecule has 0 radical (unpaired) electrons. The van der Waals surface area contributed by atoms with Gasteiger partial charge in [0, 0.05) is 10.0 Å². The summed E-state index contributed by atoms with van der Waals surface area (Å²) in [6.07, 6.45) is 1.38. The summed E-state index contributed by atoms with van der Waals surface area (Å²) in [5, 5.41) is 0. The second kappa shape index (κ2) is 9.19. The number of halogens is 1. The molecule has 172 valence electrons. The van der Waals surface area contributed by atoms with E-state index in [9.17, 15) is 14.4 Å². The summed E-state index contributed by atoms with van der Waals surface area (Å²) in [6.45, 7) is 1.99. The predicted octanol–water partition coefficient (Wildman–Crippen LogP) is 6.60. The summed E-state index contributed by atoms with van der Waals surface area (Å²) in [5.41, 5.74) is 2.49. The van der Waals surface area contributed by atoms with Gasteiger partial charge in [-0.2, -0.15) is 0 Å². The summed E-state index contributed by atoms with van der Waals surface area (Å²) >= 11 is 3.55. The number of amides is 4. The van der Waals surface area contributed by atoms with Crippen LogP contribution in [0.3, 0.4) is 0 Å². The normalized spacial score (nSPS) is 14.0. The molecule has 6 nitrogen and oxygen atoms in total. The molecule has 1 aliphatic heterocycles. The molecule has 1 aromatic heterocycles. The quantitative estimate of drug-likeness (QED) is 0.222. The number of nitrogens with zero attached hydrogens (tertiary/aromatic N) is 2. The lowest BCUT2D eigenvalue weighted by molar-refractivity contribution is -0.121. The third-order valence-electron chi connectivity index (χ3n) is 5.58. The summed E-state index contributed by atoms with van der Waals surface area (Å²) in [6, 6.07) is 25.6. The second-order valence-corrected chi connectivity index (χ2v) is 8.83. The van der Waals surface area contributed by atoms with Crippen LogP contribution in [0.15, 0.2) is 105 Å². The fourth-order valence-corrected chi connectivity index (χ4v) is 4.57. The third-order valence-corrected chi connectivity index (χ3v) is 6.24. The number of hydrogen-bond donors (Lipinski definition) is 0. The van der Waals surface area contributed by atoms with Crippen molar-refractivity contribution in [1.82, 2.24) is 0 Å². The van der Waals surface area contributed by atoms with Crippen LogP contribution in [0, 0.1) is 6.92 Å². The zero-order valence-corrected chi connectivity index (χ0v) is 20.2. The van der Waals surface area contributed by atoms with Gasteiger partial charge in [-0.1, -0.05) is 58.4 Å². The number of benzene rings is 3. The number of carbonyl (C=O) groups is 3. The van der Waals surface area contributed by atoms with Gasteiger partial charge in [0.15, 0.2) is 0 Å². The molecule has 35 heavy (non-hydrogen) atoms. The molecule has 1 fully saturated rings. The van der Waals surface area contributed by atoms with Gasteiger partial charge in [-0.3, -0.25) is 9.59 Å². The Morgan fingerprint density at radius 3 is 1.86 bits per heavy atom. The van der Waals surface area contributed by atoms with Gasteiger partial charge in [-0.15, -0.1) is 0 Å². The summed E-state index contributed by atoms with van der Waals surface area (Å²) in [5.74, 6) is -0.532. The largest absolute Gasteiger partial charge is 0.457 e. The smallest absolute Gasteiger partial charge is 0.343 e. The molecular formula is C28H19BrN2O4. The van der Waals surface area contributed by atoms with E-state index < -0.39 is 17.8 Å². The molecule has 4 aromatic rings. The maximum absolute atomic E-state index is 13.4. The molecule has 7 heteroatoms. The van der Waals surface area contributed by atoms with Gasteiger partial charge < -0.3 is 4.42 Å². The highest BCUT2D eigenvalue weighted by atomic mass is 79.9. The van der Waals surface area contributed by atoms with Crippen LogP contribution >= 0.6 is 15.9 Å². The van der Waals surface area contributed by atoms with Crippen LogP contribution in [0.25, 0.3) is 17.4 Å². The van der Waals surface area contributed by atoms with Crippen molar-refractivity contribution in [2.24, 2.45) is 0 Å². The van der Waals surface area contributed by atoms with Crippen LogP contribution in [0.4, 0.5) is 16.2 Å². The Labute approximate surface area is 210 Å². The van der Waals surface area contributed by atoms with Gasteiger partial charge in [-0.25, -0.2) is 14.6 Å². The zero-order chi connectivity index (χ0) is 24.5. The molecule has 1 aliphatic rings. The number of para-hydroxylation sites is 2. The monoisotopic (exact) mass is 526 g/mol. The van der Waals surface area contributed by atoms with E-state index in [0.29, 0.717) is 22.9 Å². The van der Waals surface area contributed by atoms with E-state index in [2.05, 4.69) is 15.9 Å². The van der Waals surface area contributed by atoms with E-state index in [1.54, 1.807) is 72.8 Å². The fraction of sp³-hybridized carbons (Fsp3) is 0.0357. The van der Waals surface area contributed by atoms with Crippen molar-refractivity contribution in [3.63, 3.8) is 0 Å². The molecule has 1 saturated heterocycles. The molecule has 2 heterocycles. The molecule has 0 spiro atoms. The molecule has 0 N–H and O–H groups in total. The number of rotatable bonds is 4. The van der Waals surface area contributed by atoms with Crippen LogP contribution in [-0.4, -0.2) is 17.8 Å². The van der Waals surface area contributed by atoms with Crippen molar-refractivity contribution in [1.29, 1.82) is 0 Å². The van der Waals surface area contributed by atoms with Crippen LogP contribution < -0.4 is 9.80 Å². The average Bonchev–Trinajstić information content (AvgIpc) is 3.31. The van der Waals surface area contributed by atoms with E-state index in [-0.39, 0.29) is 5.57 Å². The number of aryl methyl sites for hydroxylation is 1. The number of carbonyl (C=O) groups excluding carboxylic acids is 3. The van der Waals surface area contributed by atoms with Crippen LogP contribution in [0.5, 0.6) is 0 Å². The van der Waals surface area contributed by atoms with Gasteiger partial charge in [0.1, 0.15) is 17.1 Å². The van der Waals surface area contributed by atoms with Crippen molar-refractivity contribution in [2.75, 3.05) is 9.80 Å². The minimum Gasteiger partial charge on any atom is -0.457 e. The minimum absolute atomic E-state index is 0.179. The Balaban J connectivity index is 1.59. The molecule has 5 rings (SSSR count). The lowest BCUT2D eigenvalue weighted by Crippen LogP contribution is -2.57. The number of furan rings is 1. The Kier molecular flexibility index (Phi) is 5.93. The first kappa shape index (κ1) is 22.6. The SMILES string of the molecule is Cc1ccc(-c2ccc(C=C3C(=O)N(c4ccccc4)C(=O)N(c4ccccc4)C3=O)o2)c(Br)c1. The second-order valence-electron chi connectivity index (χ2n) is 7.98. The van der Waals surface area contributed by atoms with E-state index in [0.717, 1.165) is 25.4 Å². The van der Waals surface area contributed by atoms with Crippen molar-refractivity contribution >= 4 is 51.2 Å². The first-order valence-corrected chi connectivity index (χ1v) is 11.6. The first-order chi connectivity index (χ1) is 16.9. The lowest BCUT2D eigenvalue weighted by Gasteiger charge is -2.33. The van der Waals surface area contributed by atoms with E-state index >= 15 is 0 Å². The number of hydrogen-bond acceptors (Lipinski definition) is 4. The molecule has 0 aliphatic carbocycles. The lowest BCUT2D eigenvalue weighted by atomic mass is 10.1. The molecule has 4 amide bonds. The topological polar surface area (TPSA) is 70.8 Å². The Morgan fingerprint density at radius 2 is 1.31 bits per heavy atom. The van der Waals surface area contributed by atoms with Gasteiger partial charge in [0.05, 0.1) is 11.4 Å². The Bertz CT molecular complexity index is 1410. The predicted molar refractivity (Wildman–Crippen MR) is 138 cm³/mol. The van der Waals surface area contributed by atoms with E-state index in [1.807, 2.05) is 25.1 Å². The number of barbiturate groups is 1. The summed E-state index contributed by atoms with van der Waals surface area (Å²) in [4.78, 5) is 42.2. The number of imide groups is 2. The highest BCUT2D eigenvalue weighted by Crippen LogP contribution is 2.33. The summed E-state index contributed by atoms with van der Waals surface area (Å²) in [7, 11) is 0. The van der Waals surface area contributed by atoms with Crippen molar-refractivity contribution < 1.29 is 18.8 Å². The van der Waals surface area contributed by atoms with Crippen molar-refractivity contribution in [3.8, 4) is 11.3 Å². The third kappa shape index (κ3) is 4.22. The van der Waals surface area contributed by atoms with Gasteiger partial charge in [0.25, 0.3) is 11.8 Å². The Hall–Kier alpha value is -4.23. The number of urea groups is 1. The van der Waals surface area contributed by atoms with Crippen molar-refractivity contribution in [3.05, 3.63) is 112 Å². The van der Waals surface area contributed by atoms with Gasteiger partial charge in [0.2, 0.25) is 0 Å². The highest BCUT2D eigenvalue weighted by molar-refractivity contribution is 9.10. The zero-order valence-electron chi connectivity index (χ0n) is 18.6. The maximum Gasteiger partial charge on any atom is 0.343 e. The molecule has 0 unspecified atom stereocenters. The molecule has 0 saturated carbocycles. The van der Waals surface area contributed by atoms with Gasteiger partial charge >= 0.3 is 6.03 Å². The Morgan fingerprint density at radius 1 is 0.743 bits per heavy atom. The van der Waals surface area contributed by atoms with Crippen LogP contribution in [0.2, 0.25) is 0 Å². The average molecular weight is 527 g/mol. The van der Waals surface area contributed by atoms with Crippen LogP contribution in [-0.2, 0) is 9.59 Å². The molecule has 3 aromatic carbocycles. The van der Waals surface area contributed by atoms with Crippen LogP contribution in [0.1, 0.15) is 11.3 Å². The van der Waals surface area contributed by atoms with E-state index in [1.165, 1.54) is 6.08 Å². The van der Waals surface area contributed by atoms with Crippen molar-refractivity contribution in [2.45, 2.75) is 6.92 Å². The standard InChI is InChI=1S/C28H19BrN2O4/c1-18-12-14-22(24(29)16-18)25-15-13-21(35-25)17-23-26(32)30(19-8-4-2-5-9-19)28(34)31(27(23)33)20-10-6-3-7-11-20/h2-17H,1H3. The first-order valence-electron chi connectivity index (χ1n) is 10.8.